The van der Waals surface area contributed by atoms with Gasteiger partial charge in [-0.3, -0.25) is 0 Å². The highest BCUT2D eigenvalue weighted by atomic mass is 35.5. The fraction of sp³-hybridized carbons (Fsp3) is 0.133. The smallest absolute Gasteiger partial charge is 0.191 e. The van der Waals surface area contributed by atoms with Crippen LogP contribution < -0.4 is 0 Å². The normalized spacial score (nSPS) is 10.9. The molecule has 1 aromatic carbocycles. The molecule has 3 nitrogen and oxygen atoms in total. The second-order valence-corrected chi connectivity index (χ2v) is 6.24. The SMILES string of the molecule is Cc1ccc(-c2c(Cl)nc(-c3nc(C)cs3)nc2Cl)cc1. The number of hydrogen-bond donors (Lipinski definition) is 0. The number of aromatic nitrogens is 3. The van der Waals surface area contributed by atoms with E-state index in [4.69, 9.17) is 23.2 Å². The van der Waals surface area contributed by atoms with Crippen molar-refractivity contribution in [2.24, 2.45) is 0 Å². The van der Waals surface area contributed by atoms with Crippen molar-refractivity contribution in [2.45, 2.75) is 13.8 Å². The van der Waals surface area contributed by atoms with Crippen LogP contribution in [0.2, 0.25) is 10.3 Å². The van der Waals surface area contributed by atoms with Crippen LogP contribution in [0, 0.1) is 13.8 Å². The topological polar surface area (TPSA) is 38.7 Å². The van der Waals surface area contributed by atoms with E-state index in [0.717, 1.165) is 11.3 Å². The molecule has 0 atom stereocenters. The van der Waals surface area contributed by atoms with E-state index < -0.39 is 0 Å². The number of nitrogens with zero attached hydrogens (tertiary/aromatic N) is 3. The highest BCUT2D eigenvalue weighted by Crippen LogP contribution is 2.34. The van der Waals surface area contributed by atoms with E-state index in [0.29, 0.717) is 26.7 Å². The van der Waals surface area contributed by atoms with Crippen LogP contribution in [0.4, 0.5) is 0 Å². The summed E-state index contributed by atoms with van der Waals surface area (Å²) < 4.78 is 0. The first-order chi connectivity index (χ1) is 10.0. The molecular formula is C15H11Cl2N3S. The second kappa shape index (κ2) is 5.72. The van der Waals surface area contributed by atoms with E-state index in [2.05, 4.69) is 15.0 Å². The van der Waals surface area contributed by atoms with Crippen LogP contribution in [0.15, 0.2) is 29.6 Å². The summed E-state index contributed by atoms with van der Waals surface area (Å²) >= 11 is 14.1. The summed E-state index contributed by atoms with van der Waals surface area (Å²) in [6, 6.07) is 7.91. The van der Waals surface area contributed by atoms with Gasteiger partial charge in [-0.05, 0) is 19.4 Å². The van der Waals surface area contributed by atoms with Gasteiger partial charge < -0.3 is 0 Å². The highest BCUT2D eigenvalue weighted by molar-refractivity contribution is 7.13. The molecule has 0 amide bonds. The van der Waals surface area contributed by atoms with Crippen LogP contribution in [0.1, 0.15) is 11.3 Å². The molecule has 0 saturated heterocycles. The van der Waals surface area contributed by atoms with Crippen LogP contribution in [-0.2, 0) is 0 Å². The van der Waals surface area contributed by atoms with E-state index >= 15 is 0 Å². The lowest BCUT2D eigenvalue weighted by atomic mass is 10.1. The van der Waals surface area contributed by atoms with Gasteiger partial charge in [0.1, 0.15) is 10.3 Å². The summed E-state index contributed by atoms with van der Waals surface area (Å²) in [4.78, 5) is 13.0. The maximum Gasteiger partial charge on any atom is 0.191 e. The molecule has 0 aliphatic heterocycles. The van der Waals surface area contributed by atoms with Gasteiger partial charge in [-0.1, -0.05) is 53.0 Å². The monoisotopic (exact) mass is 335 g/mol. The molecule has 106 valence electrons. The number of hydrogen-bond acceptors (Lipinski definition) is 4. The van der Waals surface area contributed by atoms with Crippen molar-refractivity contribution in [3.8, 4) is 22.0 Å². The van der Waals surface area contributed by atoms with E-state index in [1.807, 2.05) is 43.5 Å². The first-order valence-corrected chi connectivity index (χ1v) is 7.91. The van der Waals surface area contributed by atoms with Gasteiger partial charge in [0.05, 0.1) is 5.56 Å². The molecule has 0 aliphatic carbocycles. The minimum atomic E-state index is 0.335. The lowest BCUT2D eigenvalue weighted by Crippen LogP contribution is -1.94. The van der Waals surface area contributed by atoms with Gasteiger partial charge in [0.25, 0.3) is 0 Å². The molecule has 0 aliphatic rings. The third-order valence-electron chi connectivity index (χ3n) is 2.97. The molecule has 0 N–H and O–H groups in total. The fourth-order valence-electron chi connectivity index (χ4n) is 1.92. The third-order valence-corrected chi connectivity index (χ3v) is 4.47. The Morgan fingerprint density at radius 2 is 1.52 bits per heavy atom. The van der Waals surface area contributed by atoms with Crippen molar-refractivity contribution in [3.63, 3.8) is 0 Å². The van der Waals surface area contributed by atoms with Crippen LogP contribution in [0.25, 0.3) is 22.0 Å². The van der Waals surface area contributed by atoms with Crippen molar-refractivity contribution in [1.29, 1.82) is 0 Å². The summed E-state index contributed by atoms with van der Waals surface area (Å²) in [6.07, 6.45) is 0. The molecule has 0 bridgehead atoms. The Bertz CT molecular complexity index is 774. The van der Waals surface area contributed by atoms with Crippen LogP contribution in [0.5, 0.6) is 0 Å². The minimum absolute atomic E-state index is 0.335. The second-order valence-electron chi connectivity index (χ2n) is 4.66. The van der Waals surface area contributed by atoms with Crippen LogP contribution >= 0.6 is 34.5 Å². The zero-order valence-corrected chi connectivity index (χ0v) is 13.7. The van der Waals surface area contributed by atoms with Gasteiger partial charge >= 0.3 is 0 Å². The number of rotatable bonds is 2. The third kappa shape index (κ3) is 2.93. The minimum Gasteiger partial charge on any atom is -0.238 e. The van der Waals surface area contributed by atoms with Gasteiger partial charge in [-0.15, -0.1) is 11.3 Å². The van der Waals surface area contributed by atoms with Gasteiger partial charge in [-0.2, -0.15) is 0 Å². The fourth-order valence-corrected chi connectivity index (χ4v) is 3.25. The molecule has 0 radical (unpaired) electrons. The van der Waals surface area contributed by atoms with Crippen molar-refractivity contribution in [3.05, 3.63) is 51.2 Å². The maximum atomic E-state index is 6.31. The highest BCUT2D eigenvalue weighted by Gasteiger charge is 2.16. The zero-order chi connectivity index (χ0) is 15.0. The van der Waals surface area contributed by atoms with Gasteiger partial charge in [0, 0.05) is 11.1 Å². The molecule has 0 fully saturated rings. The van der Waals surface area contributed by atoms with Crippen molar-refractivity contribution < 1.29 is 0 Å². The molecule has 0 unspecified atom stereocenters. The summed E-state index contributed by atoms with van der Waals surface area (Å²) in [5, 5.41) is 3.32. The van der Waals surface area contributed by atoms with E-state index in [1.54, 1.807) is 0 Å². The Hall–Kier alpha value is -1.49. The predicted molar refractivity (Wildman–Crippen MR) is 88.1 cm³/mol. The van der Waals surface area contributed by atoms with E-state index in [1.165, 1.54) is 16.9 Å². The Kier molecular flexibility index (Phi) is 3.93. The molecule has 0 spiro atoms. The maximum absolute atomic E-state index is 6.31. The predicted octanol–water partition coefficient (Wildman–Crippen LogP) is 5.19. The quantitative estimate of drug-likeness (QED) is 0.605. The summed E-state index contributed by atoms with van der Waals surface area (Å²) in [5.41, 5.74) is 3.64. The van der Waals surface area contributed by atoms with Crippen molar-refractivity contribution in [2.75, 3.05) is 0 Å². The Balaban J connectivity index is 2.10. The van der Waals surface area contributed by atoms with Gasteiger partial charge in [-0.25, -0.2) is 15.0 Å². The summed E-state index contributed by atoms with van der Waals surface area (Å²) in [5.74, 6) is 0.457. The molecule has 0 saturated carbocycles. The Morgan fingerprint density at radius 3 is 2.05 bits per heavy atom. The van der Waals surface area contributed by atoms with Gasteiger partial charge in [0.15, 0.2) is 10.8 Å². The van der Waals surface area contributed by atoms with Crippen LogP contribution in [-0.4, -0.2) is 15.0 Å². The number of benzene rings is 1. The standard InChI is InChI=1S/C15H11Cl2N3S/c1-8-3-5-10(6-4-8)11-12(16)19-14(20-13(11)17)15-18-9(2)7-21-15/h3-7H,1-2H3. The molecule has 3 rings (SSSR count). The van der Waals surface area contributed by atoms with Gasteiger partial charge in [0.2, 0.25) is 0 Å². The molecule has 6 heteroatoms. The molecule has 2 heterocycles. The summed E-state index contributed by atoms with van der Waals surface area (Å²) in [7, 11) is 0. The number of halogens is 2. The molecule has 3 aromatic rings. The Labute approximate surface area is 136 Å². The van der Waals surface area contributed by atoms with Crippen molar-refractivity contribution in [1.82, 2.24) is 15.0 Å². The van der Waals surface area contributed by atoms with Crippen LogP contribution in [0.3, 0.4) is 0 Å². The molecule has 2 aromatic heterocycles. The number of thiazole rings is 1. The van der Waals surface area contributed by atoms with E-state index in [9.17, 15) is 0 Å². The number of aryl methyl sites for hydroxylation is 2. The lowest BCUT2D eigenvalue weighted by molar-refractivity contribution is 1.15. The average Bonchev–Trinajstić information content (AvgIpc) is 2.87. The van der Waals surface area contributed by atoms with Crippen molar-refractivity contribution >= 4 is 34.5 Å². The zero-order valence-electron chi connectivity index (χ0n) is 11.4. The molecule has 21 heavy (non-hydrogen) atoms. The van der Waals surface area contributed by atoms with E-state index in [-0.39, 0.29) is 0 Å². The summed E-state index contributed by atoms with van der Waals surface area (Å²) in [6.45, 7) is 3.95. The average molecular weight is 336 g/mol. The first kappa shape index (κ1) is 14.4. The molecular weight excluding hydrogens is 325 g/mol. The Morgan fingerprint density at radius 1 is 0.905 bits per heavy atom. The first-order valence-electron chi connectivity index (χ1n) is 6.27. The lowest BCUT2D eigenvalue weighted by Gasteiger charge is -2.07. The largest absolute Gasteiger partial charge is 0.238 e.